The van der Waals surface area contributed by atoms with Gasteiger partial charge in [0, 0.05) is 69.4 Å². The lowest BCUT2D eigenvalue weighted by molar-refractivity contribution is -0.138. The van der Waals surface area contributed by atoms with E-state index in [-0.39, 0.29) is 23.6 Å². The number of aromatic nitrogens is 3. The Hall–Kier alpha value is -4.08. The number of urea groups is 1. The first kappa shape index (κ1) is 27.0. The summed E-state index contributed by atoms with van der Waals surface area (Å²) < 4.78 is 48.0. The number of hydrogen-bond acceptors (Lipinski definition) is 6. The molecule has 1 aliphatic heterocycles. The fraction of sp³-hybridized carbons (Fsp3) is 0.346. The molecule has 12 heteroatoms. The van der Waals surface area contributed by atoms with E-state index >= 15 is 0 Å². The third kappa shape index (κ3) is 7.02. The van der Waals surface area contributed by atoms with Crippen molar-refractivity contribution in [2.45, 2.75) is 12.7 Å². The summed E-state index contributed by atoms with van der Waals surface area (Å²) in [6, 6.07) is 8.10. The van der Waals surface area contributed by atoms with Crippen LogP contribution < -0.4 is 15.4 Å². The second-order valence-electron chi connectivity index (χ2n) is 8.90. The van der Waals surface area contributed by atoms with Gasteiger partial charge in [0.05, 0.1) is 12.7 Å². The fourth-order valence-electron chi connectivity index (χ4n) is 3.96. The van der Waals surface area contributed by atoms with Crippen molar-refractivity contribution in [2.75, 3.05) is 51.0 Å². The highest BCUT2D eigenvalue weighted by Crippen LogP contribution is 2.34. The van der Waals surface area contributed by atoms with E-state index in [4.69, 9.17) is 4.74 Å². The molecule has 4 rings (SSSR count). The molecule has 3 heterocycles. The molecule has 2 N–H and O–H groups in total. The number of nitrogens with zero attached hydrogens (tertiary/aromatic N) is 5. The number of alkyl halides is 3. The number of amides is 2. The number of pyridine rings is 1. The van der Waals surface area contributed by atoms with Crippen molar-refractivity contribution in [1.29, 1.82) is 0 Å². The highest BCUT2D eigenvalue weighted by atomic mass is 19.4. The minimum atomic E-state index is -4.55. The smallest absolute Gasteiger partial charge is 0.416 e. The lowest BCUT2D eigenvalue weighted by Crippen LogP contribution is -2.44. The first-order valence-corrected chi connectivity index (χ1v) is 11.9. The molecule has 9 nitrogen and oxygen atoms in total. The van der Waals surface area contributed by atoms with E-state index in [0.29, 0.717) is 30.2 Å². The molecule has 0 atom stereocenters. The average molecular weight is 528 g/mol. The molecule has 200 valence electrons. The summed E-state index contributed by atoms with van der Waals surface area (Å²) in [5, 5.41) is 9.19. The highest BCUT2D eigenvalue weighted by Gasteiger charge is 2.34. The number of methoxy groups -OCH3 is 1. The van der Waals surface area contributed by atoms with E-state index in [9.17, 15) is 18.0 Å². The van der Waals surface area contributed by atoms with Gasteiger partial charge in [0.15, 0.2) is 5.82 Å². The van der Waals surface area contributed by atoms with Crippen LogP contribution in [0.25, 0.3) is 0 Å². The molecule has 0 radical (unpaired) electrons. The van der Waals surface area contributed by atoms with Crippen LogP contribution in [0.5, 0.6) is 5.88 Å². The van der Waals surface area contributed by atoms with Crippen LogP contribution in [0.3, 0.4) is 0 Å². The minimum Gasteiger partial charge on any atom is -0.481 e. The number of nitrogens with one attached hydrogen (secondary N) is 2. The lowest BCUT2D eigenvalue weighted by Gasteiger charge is -2.33. The van der Waals surface area contributed by atoms with E-state index in [1.165, 1.54) is 23.9 Å². The predicted octanol–water partition coefficient (Wildman–Crippen LogP) is 3.63. The number of ether oxygens (including phenoxy) is 1. The molecule has 1 aliphatic rings. The largest absolute Gasteiger partial charge is 0.481 e. The number of hydrogen-bond donors (Lipinski definition) is 2. The quantitative estimate of drug-likeness (QED) is 0.493. The molecule has 3 aromatic rings. The van der Waals surface area contributed by atoms with E-state index in [1.807, 2.05) is 11.9 Å². The predicted molar refractivity (Wildman–Crippen MR) is 137 cm³/mol. The number of halogens is 3. The Labute approximate surface area is 218 Å². The second kappa shape index (κ2) is 11.5. The summed E-state index contributed by atoms with van der Waals surface area (Å²) in [6.45, 7) is 3.20. The number of likely N-dealkylation sites (N-methyl/N-ethyl adjacent to an activating group) is 1. The number of carbonyl (C=O) groups excluding carboxylic acids is 1. The Balaban J connectivity index is 1.43. The molecule has 0 bridgehead atoms. The van der Waals surface area contributed by atoms with Crippen molar-refractivity contribution in [3.63, 3.8) is 0 Å². The van der Waals surface area contributed by atoms with Crippen molar-refractivity contribution in [1.82, 2.24) is 24.6 Å². The SMILES string of the molecule is COc1cc(C#Cc2cc(NC(=O)Nc3ccc(CN4CCN(C)CC4)c(C(F)(F)F)c3)nn2C)ccn1. The van der Waals surface area contributed by atoms with Crippen molar-refractivity contribution in [3.8, 4) is 17.7 Å². The average Bonchev–Trinajstić information content (AvgIpc) is 3.22. The van der Waals surface area contributed by atoms with Gasteiger partial charge in [0.25, 0.3) is 0 Å². The minimum absolute atomic E-state index is 0.0273. The topological polar surface area (TPSA) is 87.5 Å². The zero-order chi connectivity index (χ0) is 27.3. The number of piperazine rings is 1. The maximum absolute atomic E-state index is 13.8. The normalized spacial score (nSPS) is 14.5. The summed E-state index contributed by atoms with van der Waals surface area (Å²) in [5.41, 5.74) is 0.634. The third-order valence-corrected chi connectivity index (χ3v) is 6.06. The van der Waals surface area contributed by atoms with Gasteiger partial charge >= 0.3 is 12.2 Å². The molecule has 1 aromatic carbocycles. The van der Waals surface area contributed by atoms with Crippen LogP contribution in [0.1, 0.15) is 22.4 Å². The molecule has 38 heavy (non-hydrogen) atoms. The zero-order valence-corrected chi connectivity index (χ0v) is 21.3. The molecule has 1 fully saturated rings. The standard InChI is InChI=1S/C26H28F3N7O2/c1-34-10-12-36(13-11-34)17-19-5-6-20(15-22(19)26(27,28)29)31-25(37)32-23-16-21(35(2)33-23)7-4-18-8-9-30-24(14-18)38-3/h5-6,8-9,14-16H,10-13,17H2,1-3H3,(H2,31,32,33,37). The van der Waals surface area contributed by atoms with Crippen molar-refractivity contribution in [2.24, 2.45) is 7.05 Å². The highest BCUT2D eigenvalue weighted by molar-refractivity contribution is 5.99. The number of rotatable bonds is 5. The van der Waals surface area contributed by atoms with Crippen LogP contribution in [0, 0.1) is 11.8 Å². The van der Waals surface area contributed by atoms with Gasteiger partial charge < -0.3 is 15.0 Å². The summed E-state index contributed by atoms with van der Waals surface area (Å²) in [7, 11) is 5.16. The summed E-state index contributed by atoms with van der Waals surface area (Å²) in [6.07, 6.45) is -2.98. The monoisotopic (exact) mass is 527 g/mol. The van der Waals surface area contributed by atoms with E-state index in [2.05, 4.69) is 37.5 Å². The Morgan fingerprint density at radius 3 is 2.53 bits per heavy atom. The first-order chi connectivity index (χ1) is 18.1. The Morgan fingerprint density at radius 2 is 1.82 bits per heavy atom. The summed E-state index contributed by atoms with van der Waals surface area (Å²) >= 11 is 0. The van der Waals surface area contributed by atoms with E-state index in [0.717, 1.165) is 19.2 Å². The molecule has 2 aromatic heterocycles. The Bertz CT molecular complexity index is 1350. The van der Waals surface area contributed by atoms with Crippen molar-refractivity contribution >= 4 is 17.5 Å². The van der Waals surface area contributed by atoms with Gasteiger partial charge in [-0.1, -0.05) is 12.0 Å². The van der Waals surface area contributed by atoms with Gasteiger partial charge in [0.1, 0.15) is 5.69 Å². The lowest BCUT2D eigenvalue weighted by atomic mass is 10.0. The maximum Gasteiger partial charge on any atom is 0.416 e. The zero-order valence-electron chi connectivity index (χ0n) is 21.3. The van der Waals surface area contributed by atoms with Crippen molar-refractivity contribution in [3.05, 3.63) is 65.0 Å². The summed E-state index contributed by atoms with van der Waals surface area (Å²) in [5.74, 6) is 6.55. The molecule has 2 amide bonds. The maximum atomic E-state index is 13.8. The van der Waals surface area contributed by atoms with E-state index < -0.39 is 17.8 Å². The molecule has 0 unspecified atom stereocenters. The third-order valence-electron chi connectivity index (χ3n) is 6.06. The second-order valence-corrected chi connectivity index (χ2v) is 8.90. The number of anilines is 2. The molecule has 0 saturated carbocycles. The van der Waals surface area contributed by atoms with Gasteiger partial charge in [-0.2, -0.15) is 18.3 Å². The van der Waals surface area contributed by atoms with Gasteiger partial charge in [-0.3, -0.25) is 14.9 Å². The molecule has 0 aliphatic carbocycles. The van der Waals surface area contributed by atoms with Crippen LogP contribution in [-0.4, -0.2) is 70.9 Å². The molecule has 1 saturated heterocycles. The van der Waals surface area contributed by atoms with Crippen LogP contribution in [-0.2, 0) is 19.8 Å². The van der Waals surface area contributed by atoms with Crippen molar-refractivity contribution < 1.29 is 22.7 Å². The fourth-order valence-corrected chi connectivity index (χ4v) is 3.96. The van der Waals surface area contributed by atoms with Crippen LogP contribution in [0.4, 0.5) is 29.5 Å². The first-order valence-electron chi connectivity index (χ1n) is 11.9. The Kier molecular flexibility index (Phi) is 8.19. The van der Waals surface area contributed by atoms with Gasteiger partial charge in [0.2, 0.25) is 5.88 Å². The van der Waals surface area contributed by atoms with Crippen LogP contribution in [0.2, 0.25) is 0 Å². The number of carbonyl (C=O) groups is 1. The summed E-state index contributed by atoms with van der Waals surface area (Å²) in [4.78, 5) is 20.7. The number of aryl methyl sites for hydroxylation is 1. The number of benzene rings is 1. The van der Waals surface area contributed by atoms with E-state index in [1.54, 1.807) is 31.4 Å². The van der Waals surface area contributed by atoms with Crippen LogP contribution >= 0.6 is 0 Å². The van der Waals surface area contributed by atoms with Crippen LogP contribution in [0.15, 0.2) is 42.6 Å². The van der Waals surface area contributed by atoms with Gasteiger partial charge in [-0.25, -0.2) is 9.78 Å². The molecule has 0 spiro atoms. The van der Waals surface area contributed by atoms with Gasteiger partial charge in [-0.05, 0) is 36.7 Å². The molecular weight excluding hydrogens is 499 g/mol. The van der Waals surface area contributed by atoms with Gasteiger partial charge in [-0.15, -0.1) is 0 Å². The Morgan fingerprint density at radius 1 is 1.05 bits per heavy atom. The molecular formula is C26H28F3N7O2.